The monoisotopic (exact) mass is 698 g/mol. The van der Waals surface area contributed by atoms with Crippen LogP contribution in [0.4, 0.5) is 0 Å². The first kappa shape index (κ1) is 46.5. The number of unbranched alkanes of at least 4 members (excludes halogenated alkanes) is 15. The third kappa shape index (κ3) is 35.8. The second kappa shape index (κ2) is 36.7. The Balaban J connectivity index is 3.91. The number of rotatable bonds is 36. The Hall–Kier alpha value is -1.54. The molecule has 0 rings (SSSR count). The highest BCUT2D eigenvalue weighted by Crippen LogP contribution is 2.43. The molecule has 0 aromatic rings. The standard InChI is InChI=1S/C39H72NO7P/c1-3-5-7-9-11-12-13-14-15-16-17-18-19-20-21-22-23-24-25-26-27-28-30-32-39(41)47-38(37-46-48(42,43)45-35-33-40)36-44-34-31-29-10-8-6-4-2/h5,7,11-12,14-15,17-18,38H,3-4,6,8-10,13,16,19-37,40H2,1-2H3,(H,42,43)/b7-5-,12-11-,15-14-,18-17-. The van der Waals surface area contributed by atoms with Crippen molar-refractivity contribution in [3.05, 3.63) is 48.6 Å². The highest BCUT2D eigenvalue weighted by atomic mass is 31.2. The molecule has 0 radical (unpaired) electrons. The van der Waals surface area contributed by atoms with Crippen LogP contribution in [0.1, 0.15) is 155 Å². The lowest BCUT2D eigenvalue weighted by Crippen LogP contribution is -2.28. The van der Waals surface area contributed by atoms with Gasteiger partial charge in [0.1, 0.15) is 6.10 Å². The van der Waals surface area contributed by atoms with Crippen molar-refractivity contribution in [3.63, 3.8) is 0 Å². The van der Waals surface area contributed by atoms with Gasteiger partial charge in [-0.3, -0.25) is 13.8 Å². The summed E-state index contributed by atoms with van der Waals surface area (Å²) in [6, 6.07) is 0. The maximum Gasteiger partial charge on any atom is 0.472 e. The summed E-state index contributed by atoms with van der Waals surface area (Å²) in [7, 11) is -4.26. The quantitative estimate of drug-likeness (QED) is 0.0287. The van der Waals surface area contributed by atoms with Crippen molar-refractivity contribution < 1.29 is 32.8 Å². The minimum atomic E-state index is -4.26. The lowest BCUT2D eigenvalue weighted by molar-refractivity contribution is -0.154. The van der Waals surface area contributed by atoms with Gasteiger partial charge in [0.15, 0.2) is 0 Å². The molecule has 48 heavy (non-hydrogen) atoms. The number of carbonyl (C=O) groups is 1. The van der Waals surface area contributed by atoms with Crippen molar-refractivity contribution in [1.29, 1.82) is 0 Å². The van der Waals surface area contributed by atoms with Gasteiger partial charge in [-0.1, -0.05) is 146 Å². The molecule has 9 heteroatoms. The molecule has 3 N–H and O–H groups in total. The SMILES string of the molecule is CC/C=C\C/C=C\C/C=C\C/C=C\CCCCCCCCCCCCC(=O)OC(COCCCCCCCC)COP(=O)(O)OCCN. The zero-order valence-corrected chi connectivity index (χ0v) is 31.6. The van der Waals surface area contributed by atoms with Crippen LogP contribution in [0.5, 0.6) is 0 Å². The number of nitrogens with two attached hydrogens (primary N) is 1. The van der Waals surface area contributed by atoms with Crippen LogP contribution in [0.3, 0.4) is 0 Å². The zero-order valence-electron chi connectivity index (χ0n) is 30.7. The maximum atomic E-state index is 12.5. The van der Waals surface area contributed by atoms with E-state index in [0.717, 1.165) is 57.8 Å². The highest BCUT2D eigenvalue weighted by Gasteiger charge is 2.25. The van der Waals surface area contributed by atoms with Crippen LogP contribution >= 0.6 is 7.82 Å². The number of hydrogen-bond acceptors (Lipinski definition) is 7. The molecular formula is C39H72NO7P. The van der Waals surface area contributed by atoms with Gasteiger partial charge in [0.2, 0.25) is 0 Å². The molecule has 0 aromatic carbocycles. The third-order valence-electron chi connectivity index (χ3n) is 7.76. The number of allylic oxidation sites excluding steroid dienone is 8. The van der Waals surface area contributed by atoms with Crippen LogP contribution in [-0.2, 0) is 27.9 Å². The number of phosphoric ester groups is 1. The summed E-state index contributed by atoms with van der Waals surface area (Å²) in [5.74, 6) is -0.340. The molecule has 0 aliphatic heterocycles. The third-order valence-corrected chi connectivity index (χ3v) is 8.74. The molecule has 0 amide bonds. The summed E-state index contributed by atoms with van der Waals surface area (Å²) in [6.45, 7) is 4.74. The van der Waals surface area contributed by atoms with E-state index in [9.17, 15) is 14.3 Å². The van der Waals surface area contributed by atoms with Gasteiger partial charge in [0.05, 0.1) is 19.8 Å². The largest absolute Gasteiger partial charge is 0.472 e. The maximum absolute atomic E-state index is 12.5. The van der Waals surface area contributed by atoms with Gasteiger partial charge in [-0.2, -0.15) is 0 Å². The van der Waals surface area contributed by atoms with Crippen molar-refractivity contribution in [2.45, 2.75) is 161 Å². The van der Waals surface area contributed by atoms with Crippen molar-refractivity contribution in [3.8, 4) is 0 Å². The summed E-state index contributed by atoms with van der Waals surface area (Å²) >= 11 is 0. The molecule has 0 spiro atoms. The molecule has 0 bridgehead atoms. The number of esters is 1. The molecule has 0 saturated heterocycles. The van der Waals surface area contributed by atoms with E-state index in [0.29, 0.717) is 13.0 Å². The first-order valence-electron chi connectivity index (χ1n) is 19.1. The molecule has 0 aliphatic carbocycles. The summed E-state index contributed by atoms with van der Waals surface area (Å²) in [4.78, 5) is 22.3. The molecule has 2 atom stereocenters. The van der Waals surface area contributed by atoms with Crippen molar-refractivity contribution in [1.82, 2.24) is 0 Å². The average molecular weight is 698 g/mol. The normalized spacial score (nSPS) is 14.2. The van der Waals surface area contributed by atoms with Gasteiger partial charge >= 0.3 is 13.8 Å². The van der Waals surface area contributed by atoms with Gasteiger partial charge < -0.3 is 20.1 Å². The van der Waals surface area contributed by atoms with Gasteiger partial charge in [-0.05, 0) is 51.4 Å². The van der Waals surface area contributed by atoms with Gasteiger partial charge in [0.25, 0.3) is 0 Å². The van der Waals surface area contributed by atoms with E-state index in [4.69, 9.17) is 24.3 Å². The summed E-state index contributed by atoms with van der Waals surface area (Å²) in [5.41, 5.74) is 5.33. The Morgan fingerprint density at radius 1 is 0.646 bits per heavy atom. The first-order chi connectivity index (χ1) is 23.4. The number of carbonyl (C=O) groups excluding carboxylic acids is 1. The summed E-state index contributed by atoms with van der Waals surface area (Å²) in [5, 5.41) is 0. The van der Waals surface area contributed by atoms with E-state index in [1.54, 1.807) is 0 Å². The smallest absolute Gasteiger partial charge is 0.457 e. The molecule has 0 saturated carbocycles. The fourth-order valence-electron chi connectivity index (χ4n) is 4.99. The number of ether oxygens (including phenoxy) is 2. The Kier molecular flexibility index (Phi) is 35.6. The molecule has 280 valence electrons. The van der Waals surface area contributed by atoms with Crippen LogP contribution < -0.4 is 5.73 Å². The van der Waals surface area contributed by atoms with Crippen molar-refractivity contribution in [2.75, 3.05) is 33.0 Å². The van der Waals surface area contributed by atoms with Gasteiger partial charge in [-0.25, -0.2) is 4.57 Å². The second-order valence-corrected chi connectivity index (χ2v) is 13.9. The predicted octanol–water partition coefficient (Wildman–Crippen LogP) is 10.9. The van der Waals surface area contributed by atoms with E-state index in [2.05, 4.69) is 62.5 Å². The average Bonchev–Trinajstić information content (AvgIpc) is 3.07. The molecule has 0 aromatic heterocycles. The number of phosphoric acid groups is 1. The number of hydrogen-bond donors (Lipinski definition) is 2. The molecule has 8 nitrogen and oxygen atoms in total. The van der Waals surface area contributed by atoms with E-state index in [1.165, 1.54) is 77.0 Å². The van der Waals surface area contributed by atoms with E-state index < -0.39 is 13.9 Å². The minimum absolute atomic E-state index is 0.0972. The molecule has 0 heterocycles. The fraction of sp³-hybridized carbons (Fsp3) is 0.769. The molecule has 0 fully saturated rings. The lowest BCUT2D eigenvalue weighted by Gasteiger charge is -2.20. The van der Waals surface area contributed by atoms with E-state index >= 15 is 0 Å². The Bertz CT molecular complexity index is 874. The lowest BCUT2D eigenvalue weighted by atomic mass is 10.0. The Morgan fingerprint density at radius 3 is 1.75 bits per heavy atom. The van der Waals surface area contributed by atoms with Crippen LogP contribution in [0.15, 0.2) is 48.6 Å². The van der Waals surface area contributed by atoms with Crippen molar-refractivity contribution in [2.24, 2.45) is 5.73 Å². The topological polar surface area (TPSA) is 117 Å². The molecule has 2 unspecified atom stereocenters. The van der Waals surface area contributed by atoms with Crippen LogP contribution in [0.25, 0.3) is 0 Å². The predicted molar refractivity (Wildman–Crippen MR) is 201 cm³/mol. The fourth-order valence-corrected chi connectivity index (χ4v) is 5.75. The van der Waals surface area contributed by atoms with Gasteiger partial charge in [0, 0.05) is 19.6 Å². The van der Waals surface area contributed by atoms with Gasteiger partial charge in [-0.15, -0.1) is 0 Å². The Labute approximate surface area is 294 Å². The minimum Gasteiger partial charge on any atom is -0.457 e. The van der Waals surface area contributed by atoms with Crippen molar-refractivity contribution >= 4 is 13.8 Å². The van der Waals surface area contributed by atoms with E-state index in [-0.39, 0.29) is 32.3 Å². The second-order valence-electron chi connectivity index (χ2n) is 12.4. The van der Waals surface area contributed by atoms with E-state index in [1.807, 2.05) is 0 Å². The molecule has 0 aliphatic rings. The van der Waals surface area contributed by atoms with Crippen LogP contribution in [-0.4, -0.2) is 49.9 Å². The van der Waals surface area contributed by atoms with Crippen LogP contribution in [0.2, 0.25) is 0 Å². The first-order valence-corrected chi connectivity index (χ1v) is 20.6. The molecular weight excluding hydrogens is 625 g/mol. The van der Waals surface area contributed by atoms with Crippen LogP contribution in [0, 0.1) is 0 Å². The summed E-state index contributed by atoms with van der Waals surface area (Å²) < 4.78 is 33.1. The summed E-state index contributed by atoms with van der Waals surface area (Å²) in [6.07, 6.45) is 41.5. The zero-order chi connectivity index (χ0) is 35.2. The highest BCUT2D eigenvalue weighted by molar-refractivity contribution is 7.47. The Morgan fingerprint density at radius 2 is 1.17 bits per heavy atom.